The molecule has 86 valence electrons. The highest BCUT2D eigenvalue weighted by atomic mass is 32.1. The van der Waals surface area contributed by atoms with Crippen molar-refractivity contribution >= 4 is 55.2 Å². The van der Waals surface area contributed by atoms with Gasteiger partial charge in [-0.2, -0.15) is 0 Å². The number of hydrogen-bond donors (Lipinski definition) is 2. The summed E-state index contributed by atoms with van der Waals surface area (Å²) in [5, 5.41) is 17.7. The van der Waals surface area contributed by atoms with Gasteiger partial charge in [0.2, 0.25) is 0 Å². The van der Waals surface area contributed by atoms with E-state index in [0.717, 1.165) is 22.7 Å². The Morgan fingerprint density at radius 3 is 1.71 bits per heavy atom. The number of thiophene rings is 2. The molecule has 2 N–H and O–H groups in total. The fraction of sp³-hybridized carbons (Fsp3) is 0. The van der Waals surface area contributed by atoms with Crippen molar-refractivity contribution in [2.75, 3.05) is 0 Å². The fourth-order valence-corrected chi connectivity index (χ4v) is 3.53. The van der Waals surface area contributed by atoms with Crippen LogP contribution in [-0.2, 0) is 0 Å². The smallest absolute Gasteiger partial charge is 0.346 e. The van der Waals surface area contributed by atoms with Crippen LogP contribution in [0.1, 0.15) is 19.3 Å². The van der Waals surface area contributed by atoms with Crippen molar-refractivity contribution in [2.45, 2.75) is 0 Å². The Balaban J connectivity index is 2.30. The molecule has 0 unspecified atom stereocenters. The van der Waals surface area contributed by atoms with Crippen LogP contribution in [0.2, 0.25) is 0 Å². The fourth-order valence-electron chi connectivity index (χ4n) is 1.55. The maximum absolute atomic E-state index is 10.8. The van der Waals surface area contributed by atoms with Gasteiger partial charge in [-0.1, -0.05) is 0 Å². The van der Waals surface area contributed by atoms with Gasteiger partial charge in [-0.05, 0) is 0 Å². The average Bonchev–Trinajstić information content (AvgIpc) is 2.84. The molecule has 0 amide bonds. The number of fused-ring (bicyclic) bond motifs is 3. The standard InChI is InChI=1S/C10H4O5S2/c11-9(12)5-1-3-7(16-5)8-4(15-3)2-6(17-8)10(13)14/h1-2H,(H,11,12)(H,13,14). The molecule has 7 heteroatoms. The van der Waals surface area contributed by atoms with Crippen LogP contribution in [0.5, 0.6) is 0 Å². The maximum Gasteiger partial charge on any atom is 0.346 e. The van der Waals surface area contributed by atoms with Crippen LogP contribution in [0.3, 0.4) is 0 Å². The minimum atomic E-state index is -1.01. The van der Waals surface area contributed by atoms with E-state index in [2.05, 4.69) is 0 Å². The van der Waals surface area contributed by atoms with E-state index < -0.39 is 11.9 Å². The third-order valence-electron chi connectivity index (χ3n) is 2.24. The quantitative estimate of drug-likeness (QED) is 0.745. The van der Waals surface area contributed by atoms with Crippen LogP contribution < -0.4 is 0 Å². The summed E-state index contributed by atoms with van der Waals surface area (Å²) in [5.74, 6) is -2.02. The zero-order chi connectivity index (χ0) is 12.2. The Bertz CT molecular complexity index is 697. The van der Waals surface area contributed by atoms with E-state index in [0.29, 0.717) is 20.6 Å². The Kier molecular flexibility index (Phi) is 2.01. The molecule has 3 aromatic rings. The molecule has 0 saturated carbocycles. The Labute approximate surface area is 102 Å². The van der Waals surface area contributed by atoms with Crippen molar-refractivity contribution in [3.05, 3.63) is 21.9 Å². The predicted octanol–water partition coefficient (Wildman–Crippen LogP) is 3.11. The largest absolute Gasteiger partial charge is 0.477 e. The summed E-state index contributed by atoms with van der Waals surface area (Å²) in [5.41, 5.74) is 0.983. The van der Waals surface area contributed by atoms with E-state index in [4.69, 9.17) is 14.6 Å². The molecule has 0 aromatic carbocycles. The van der Waals surface area contributed by atoms with Gasteiger partial charge in [0, 0.05) is 12.1 Å². The molecule has 0 fully saturated rings. The Morgan fingerprint density at radius 2 is 1.35 bits per heavy atom. The summed E-state index contributed by atoms with van der Waals surface area (Å²) in [6, 6.07) is 2.91. The summed E-state index contributed by atoms with van der Waals surface area (Å²) in [4.78, 5) is 22.0. The van der Waals surface area contributed by atoms with Crippen LogP contribution in [-0.4, -0.2) is 22.2 Å². The van der Waals surface area contributed by atoms with Crippen LogP contribution in [0, 0.1) is 0 Å². The molecule has 3 heterocycles. The summed E-state index contributed by atoms with van der Waals surface area (Å²) >= 11 is 2.18. The molecule has 0 aliphatic rings. The summed E-state index contributed by atoms with van der Waals surface area (Å²) in [6.07, 6.45) is 0. The highest BCUT2D eigenvalue weighted by Crippen LogP contribution is 2.39. The zero-order valence-corrected chi connectivity index (χ0v) is 9.72. The van der Waals surface area contributed by atoms with Crippen molar-refractivity contribution in [3.8, 4) is 0 Å². The molecule has 0 aliphatic heterocycles. The SMILES string of the molecule is O=C(O)c1cc2oc3cc(C(=O)O)sc3c2s1. The van der Waals surface area contributed by atoms with E-state index in [1.807, 2.05) is 0 Å². The number of carboxylic acid groups (broad SMARTS) is 2. The molecular formula is C10H4O5S2. The van der Waals surface area contributed by atoms with Crippen molar-refractivity contribution in [1.82, 2.24) is 0 Å². The van der Waals surface area contributed by atoms with Crippen molar-refractivity contribution in [3.63, 3.8) is 0 Å². The first kappa shape index (κ1) is 10.3. The van der Waals surface area contributed by atoms with Gasteiger partial charge in [0.1, 0.15) is 20.9 Å². The topological polar surface area (TPSA) is 87.7 Å². The lowest BCUT2D eigenvalue weighted by Gasteiger charge is -1.81. The zero-order valence-electron chi connectivity index (χ0n) is 8.09. The lowest BCUT2D eigenvalue weighted by atomic mass is 10.4. The summed E-state index contributed by atoms with van der Waals surface area (Å²) in [6.45, 7) is 0. The minimum Gasteiger partial charge on any atom is -0.477 e. The lowest BCUT2D eigenvalue weighted by Crippen LogP contribution is -1.89. The van der Waals surface area contributed by atoms with Crippen LogP contribution in [0.25, 0.3) is 20.6 Å². The molecule has 0 aliphatic carbocycles. The van der Waals surface area contributed by atoms with Gasteiger partial charge in [0.05, 0.1) is 9.40 Å². The van der Waals surface area contributed by atoms with Crippen molar-refractivity contribution in [1.29, 1.82) is 0 Å². The maximum atomic E-state index is 10.8. The number of carbonyl (C=O) groups is 2. The van der Waals surface area contributed by atoms with Gasteiger partial charge in [0.25, 0.3) is 0 Å². The molecule has 17 heavy (non-hydrogen) atoms. The molecule has 5 nitrogen and oxygen atoms in total. The average molecular weight is 268 g/mol. The predicted molar refractivity (Wildman–Crippen MR) is 63.4 cm³/mol. The number of aromatic carboxylic acids is 2. The normalized spacial score (nSPS) is 11.3. The highest BCUT2D eigenvalue weighted by Gasteiger charge is 2.19. The summed E-state index contributed by atoms with van der Waals surface area (Å²) in [7, 11) is 0. The van der Waals surface area contributed by atoms with Crippen LogP contribution in [0.4, 0.5) is 0 Å². The van der Waals surface area contributed by atoms with Crippen molar-refractivity contribution < 1.29 is 24.2 Å². The second kappa shape index (κ2) is 3.31. The molecule has 0 atom stereocenters. The van der Waals surface area contributed by atoms with E-state index >= 15 is 0 Å². The third-order valence-corrected chi connectivity index (χ3v) is 4.62. The first-order valence-corrected chi connectivity index (χ1v) is 6.12. The number of carboxylic acids is 2. The van der Waals surface area contributed by atoms with Gasteiger partial charge < -0.3 is 14.6 Å². The van der Waals surface area contributed by atoms with Gasteiger partial charge >= 0.3 is 11.9 Å². The number of hydrogen-bond acceptors (Lipinski definition) is 5. The molecule has 0 radical (unpaired) electrons. The minimum absolute atomic E-state index is 0.186. The van der Waals surface area contributed by atoms with Gasteiger partial charge in [-0.15, -0.1) is 22.7 Å². The molecule has 0 spiro atoms. The first-order valence-electron chi connectivity index (χ1n) is 4.48. The van der Waals surface area contributed by atoms with Crippen LogP contribution >= 0.6 is 22.7 Å². The molecule has 0 saturated heterocycles. The second-order valence-electron chi connectivity index (χ2n) is 3.32. The monoisotopic (exact) mass is 268 g/mol. The number of rotatable bonds is 2. The van der Waals surface area contributed by atoms with Gasteiger partial charge in [0.15, 0.2) is 0 Å². The Morgan fingerprint density at radius 1 is 0.941 bits per heavy atom. The van der Waals surface area contributed by atoms with Crippen molar-refractivity contribution in [2.24, 2.45) is 0 Å². The second-order valence-corrected chi connectivity index (χ2v) is 5.42. The van der Waals surface area contributed by atoms with Gasteiger partial charge in [-0.25, -0.2) is 9.59 Å². The lowest BCUT2D eigenvalue weighted by molar-refractivity contribution is 0.0691. The van der Waals surface area contributed by atoms with E-state index in [-0.39, 0.29) is 9.75 Å². The Hall–Kier alpha value is -1.86. The van der Waals surface area contributed by atoms with Gasteiger partial charge in [-0.3, -0.25) is 0 Å². The highest BCUT2D eigenvalue weighted by molar-refractivity contribution is 7.28. The molecule has 3 rings (SSSR count). The summed E-state index contributed by atoms with van der Waals surface area (Å²) < 4.78 is 6.79. The van der Waals surface area contributed by atoms with E-state index in [9.17, 15) is 9.59 Å². The van der Waals surface area contributed by atoms with E-state index in [1.165, 1.54) is 12.1 Å². The third kappa shape index (κ3) is 1.43. The molecular weight excluding hydrogens is 264 g/mol. The van der Waals surface area contributed by atoms with E-state index in [1.54, 1.807) is 0 Å². The molecule has 3 aromatic heterocycles. The van der Waals surface area contributed by atoms with Crippen LogP contribution in [0.15, 0.2) is 16.5 Å². The molecule has 0 bridgehead atoms. The number of furan rings is 1. The first-order chi connectivity index (χ1) is 8.06.